The number of esters is 1. The monoisotopic (exact) mass is 506 g/mol. The van der Waals surface area contributed by atoms with Crippen molar-refractivity contribution < 1.29 is 23.8 Å². The van der Waals surface area contributed by atoms with Crippen LogP contribution >= 0.6 is 0 Å². The largest absolute Gasteiger partial charge is 0.508 e. The number of carbonyl (C=O) groups excluding carboxylic acids is 2. The fourth-order valence-electron chi connectivity index (χ4n) is 4.11. The number of aromatic hydroxyl groups is 1. The van der Waals surface area contributed by atoms with Crippen molar-refractivity contribution in [2.75, 3.05) is 20.1 Å². The van der Waals surface area contributed by atoms with Crippen molar-refractivity contribution in [1.82, 2.24) is 20.2 Å². The zero-order valence-corrected chi connectivity index (χ0v) is 21.4. The maximum absolute atomic E-state index is 14.1. The summed E-state index contributed by atoms with van der Waals surface area (Å²) in [4.78, 5) is 35.5. The lowest BCUT2D eigenvalue weighted by molar-refractivity contribution is -0.168. The number of hydrogen-bond donors (Lipinski definition) is 2. The Morgan fingerprint density at radius 2 is 1.76 bits per heavy atom. The summed E-state index contributed by atoms with van der Waals surface area (Å²) in [6.07, 6.45) is 3.57. The van der Waals surface area contributed by atoms with Crippen LogP contribution in [0.2, 0.25) is 0 Å². The molecular weight excluding hydrogens is 475 g/mol. The minimum Gasteiger partial charge on any atom is -0.508 e. The second-order valence-corrected chi connectivity index (χ2v) is 10.2. The average molecular weight is 507 g/mol. The zero-order chi connectivity index (χ0) is 26.7. The van der Waals surface area contributed by atoms with E-state index < -0.39 is 17.5 Å². The van der Waals surface area contributed by atoms with E-state index in [9.17, 15) is 19.1 Å². The fourth-order valence-corrected chi connectivity index (χ4v) is 4.11. The SMILES string of the molecule is CNC(Cc1ccc(-c2ncc(-c3ccc(O)cc3F)cn2)cc1)C(=O)N1CC(C(=O)OC(C)(C)C)C1. The van der Waals surface area contributed by atoms with Gasteiger partial charge in [-0.05, 0) is 51.9 Å². The van der Waals surface area contributed by atoms with Crippen LogP contribution < -0.4 is 5.32 Å². The molecule has 0 aliphatic carbocycles. The molecule has 194 valence electrons. The van der Waals surface area contributed by atoms with E-state index in [4.69, 9.17) is 4.74 Å². The molecule has 1 aliphatic rings. The number of amides is 1. The summed E-state index contributed by atoms with van der Waals surface area (Å²) < 4.78 is 19.5. The number of carbonyl (C=O) groups is 2. The van der Waals surface area contributed by atoms with Gasteiger partial charge in [-0.3, -0.25) is 9.59 Å². The second-order valence-electron chi connectivity index (χ2n) is 10.2. The Labute approximate surface area is 215 Å². The van der Waals surface area contributed by atoms with Gasteiger partial charge in [-0.25, -0.2) is 14.4 Å². The fraction of sp³-hybridized carbons (Fsp3) is 0.357. The quantitative estimate of drug-likeness (QED) is 0.472. The number of hydrogen-bond acceptors (Lipinski definition) is 7. The molecule has 1 saturated heterocycles. The molecule has 1 unspecified atom stereocenters. The maximum Gasteiger partial charge on any atom is 0.313 e. The Morgan fingerprint density at radius 3 is 2.32 bits per heavy atom. The van der Waals surface area contributed by atoms with Crippen LogP contribution in [0, 0.1) is 11.7 Å². The number of nitrogens with one attached hydrogen (secondary N) is 1. The van der Waals surface area contributed by atoms with E-state index in [0.717, 1.165) is 17.2 Å². The molecule has 4 rings (SSSR count). The third-order valence-electron chi connectivity index (χ3n) is 6.15. The van der Waals surface area contributed by atoms with Gasteiger partial charge in [0.1, 0.15) is 17.2 Å². The van der Waals surface area contributed by atoms with Crippen LogP contribution in [0.4, 0.5) is 4.39 Å². The number of phenols is 1. The van der Waals surface area contributed by atoms with Crippen LogP contribution in [0.3, 0.4) is 0 Å². The first-order valence-corrected chi connectivity index (χ1v) is 12.1. The number of nitrogens with zero attached hydrogens (tertiary/aromatic N) is 3. The van der Waals surface area contributed by atoms with Crippen molar-refractivity contribution in [2.24, 2.45) is 5.92 Å². The maximum atomic E-state index is 14.1. The molecule has 37 heavy (non-hydrogen) atoms. The van der Waals surface area contributed by atoms with Gasteiger partial charge in [0.2, 0.25) is 5.91 Å². The minimum absolute atomic E-state index is 0.0493. The van der Waals surface area contributed by atoms with Crippen molar-refractivity contribution in [1.29, 1.82) is 0 Å². The second kappa shape index (κ2) is 10.6. The predicted molar refractivity (Wildman–Crippen MR) is 137 cm³/mol. The summed E-state index contributed by atoms with van der Waals surface area (Å²) >= 11 is 0. The molecule has 1 amide bonds. The number of ether oxygens (including phenoxy) is 1. The lowest BCUT2D eigenvalue weighted by Crippen LogP contribution is -2.58. The molecule has 1 fully saturated rings. The molecule has 3 aromatic rings. The Hall–Kier alpha value is -3.85. The van der Waals surface area contributed by atoms with E-state index in [2.05, 4.69) is 15.3 Å². The standard InChI is InChI=1S/C28H31FN4O4/c1-28(2,3)37-27(36)20-15-33(16-20)26(35)24(30-4)11-17-5-7-18(8-6-17)25-31-13-19(14-32-25)22-10-9-21(34)12-23(22)29/h5-10,12-14,20,24,30,34H,11,15-16H2,1-4H3. The molecule has 9 heteroatoms. The Kier molecular flexibility index (Phi) is 7.54. The molecule has 2 aromatic carbocycles. The van der Waals surface area contributed by atoms with Gasteiger partial charge >= 0.3 is 5.97 Å². The van der Waals surface area contributed by atoms with E-state index in [-0.39, 0.29) is 23.5 Å². The van der Waals surface area contributed by atoms with Gasteiger partial charge in [0.25, 0.3) is 0 Å². The molecule has 8 nitrogen and oxygen atoms in total. The van der Waals surface area contributed by atoms with Crippen LogP contribution in [0.1, 0.15) is 26.3 Å². The van der Waals surface area contributed by atoms with Crippen LogP contribution in [0.25, 0.3) is 22.5 Å². The Bertz CT molecular complexity index is 1270. The number of aromatic nitrogens is 2. The molecule has 0 radical (unpaired) electrons. The number of likely N-dealkylation sites (tertiary alicyclic amines) is 1. The third kappa shape index (κ3) is 6.29. The first-order valence-electron chi connectivity index (χ1n) is 12.1. The first kappa shape index (κ1) is 26.2. The smallest absolute Gasteiger partial charge is 0.313 e. The predicted octanol–water partition coefficient (Wildman–Crippen LogP) is 3.59. The van der Waals surface area contributed by atoms with Crippen LogP contribution in [0.5, 0.6) is 5.75 Å². The highest BCUT2D eigenvalue weighted by Gasteiger charge is 2.40. The molecule has 2 heterocycles. The van der Waals surface area contributed by atoms with Crippen LogP contribution in [0.15, 0.2) is 54.9 Å². The number of rotatable bonds is 7. The molecule has 1 atom stereocenters. The van der Waals surface area contributed by atoms with Crippen molar-refractivity contribution in [3.8, 4) is 28.3 Å². The normalized spacial score (nSPS) is 14.7. The molecule has 1 aromatic heterocycles. The summed E-state index contributed by atoms with van der Waals surface area (Å²) in [5, 5.41) is 12.5. The van der Waals surface area contributed by atoms with Gasteiger partial charge in [0.15, 0.2) is 5.82 Å². The topological polar surface area (TPSA) is 105 Å². The highest BCUT2D eigenvalue weighted by atomic mass is 19.1. The van der Waals surface area contributed by atoms with Crippen molar-refractivity contribution in [2.45, 2.75) is 38.8 Å². The highest BCUT2D eigenvalue weighted by molar-refractivity contribution is 5.85. The van der Waals surface area contributed by atoms with Crippen LogP contribution in [-0.2, 0) is 20.7 Å². The summed E-state index contributed by atoms with van der Waals surface area (Å²) in [6, 6.07) is 11.1. The lowest BCUT2D eigenvalue weighted by Gasteiger charge is -2.40. The van der Waals surface area contributed by atoms with E-state index in [1.54, 1.807) is 24.3 Å². The lowest BCUT2D eigenvalue weighted by atomic mass is 9.96. The molecule has 1 aliphatic heterocycles. The first-order chi connectivity index (χ1) is 17.5. The van der Waals surface area contributed by atoms with E-state index in [1.807, 2.05) is 45.0 Å². The van der Waals surface area contributed by atoms with Gasteiger partial charge in [-0.15, -0.1) is 0 Å². The molecule has 0 saturated carbocycles. The molecule has 2 N–H and O–H groups in total. The van der Waals surface area contributed by atoms with Gasteiger partial charge in [0.05, 0.1) is 12.0 Å². The van der Waals surface area contributed by atoms with Crippen molar-refractivity contribution in [3.05, 3.63) is 66.2 Å². The number of likely N-dealkylation sites (N-methyl/N-ethyl adjacent to an activating group) is 1. The van der Waals surface area contributed by atoms with Gasteiger partial charge in [-0.2, -0.15) is 0 Å². The zero-order valence-electron chi connectivity index (χ0n) is 21.4. The van der Waals surface area contributed by atoms with Gasteiger partial charge < -0.3 is 20.1 Å². The highest BCUT2D eigenvalue weighted by Crippen LogP contribution is 2.26. The number of phenolic OH excluding ortho intramolecular Hbond substituents is 1. The van der Waals surface area contributed by atoms with Crippen LogP contribution in [-0.4, -0.2) is 63.6 Å². The number of benzene rings is 2. The van der Waals surface area contributed by atoms with Crippen molar-refractivity contribution >= 4 is 11.9 Å². The average Bonchev–Trinajstić information content (AvgIpc) is 2.81. The van der Waals surface area contributed by atoms with Gasteiger partial charge in [-0.1, -0.05) is 24.3 Å². The van der Waals surface area contributed by atoms with Crippen molar-refractivity contribution in [3.63, 3.8) is 0 Å². The van der Waals surface area contributed by atoms with E-state index in [0.29, 0.717) is 36.5 Å². The third-order valence-corrected chi connectivity index (χ3v) is 6.15. The minimum atomic E-state index is -0.548. The van der Waals surface area contributed by atoms with E-state index in [1.165, 1.54) is 12.1 Å². The van der Waals surface area contributed by atoms with E-state index >= 15 is 0 Å². The molecule has 0 bridgehead atoms. The summed E-state index contributed by atoms with van der Waals surface area (Å²) in [5.74, 6) is -0.798. The Morgan fingerprint density at radius 1 is 1.11 bits per heavy atom. The summed E-state index contributed by atoms with van der Waals surface area (Å²) in [5.41, 5.74) is 2.02. The molecule has 0 spiro atoms. The molecular formula is C28H31FN4O4. The Balaban J connectivity index is 1.35. The summed E-state index contributed by atoms with van der Waals surface area (Å²) in [6.45, 7) is 6.22. The summed E-state index contributed by atoms with van der Waals surface area (Å²) in [7, 11) is 1.74. The van der Waals surface area contributed by atoms with Gasteiger partial charge in [0, 0.05) is 48.2 Å². The number of halogens is 1.